The first-order valence-corrected chi connectivity index (χ1v) is 6.03. The van der Waals surface area contributed by atoms with Crippen LogP contribution in [-0.4, -0.2) is 12.6 Å². The summed E-state index contributed by atoms with van der Waals surface area (Å²) in [6.45, 7) is 3.85. The highest BCUT2D eigenvalue weighted by atomic mass is 79.9. The minimum Gasteiger partial charge on any atom is -0.462 e. The van der Waals surface area contributed by atoms with Gasteiger partial charge in [0.05, 0.1) is 17.7 Å². The van der Waals surface area contributed by atoms with Crippen molar-refractivity contribution >= 4 is 21.9 Å². The van der Waals surface area contributed by atoms with E-state index in [9.17, 15) is 4.79 Å². The minimum absolute atomic E-state index is 0.307. The molecule has 0 aliphatic heterocycles. The van der Waals surface area contributed by atoms with Gasteiger partial charge in [0, 0.05) is 5.33 Å². The van der Waals surface area contributed by atoms with Gasteiger partial charge in [0.15, 0.2) is 0 Å². The van der Waals surface area contributed by atoms with Crippen LogP contribution in [0.1, 0.15) is 34.0 Å². The number of carbonyl (C=O) groups is 1. The van der Waals surface area contributed by atoms with Crippen molar-refractivity contribution < 1.29 is 9.53 Å². The van der Waals surface area contributed by atoms with E-state index in [4.69, 9.17) is 10.00 Å². The van der Waals surface area contributed by atoms with Crippen LogP contribution in [0.25, 0.3) is 0 Å². The number of carbonyl (C=O) groups excluding carboxylic acids is 1. The highest BCUT2D eigenvalue weighted by Gasteiger charge is 2.18. The first kappa shape index (κ1) is 12.7. The summed E-state index contributed by atoms with van der Waals surface area (Å²) in [5, 5.41) is 9.64. The Morgan fingerprint density at radius 3 is 2.75 bits per heavy atom. The summed E-state index contributed by atoms with van der Waals surface area (Å²) in [6.07, 6.45) is 0. The van der Waals surface area contributed by atoms with E-state index in [1.54, 1.807) is 13.8 Å². The molecule has 0 heterocycles. The fraction of sp³-hybridized carbons (Fsp3) is 0.333. The maximum atomic E-state index is 11.7. The van der Waals surface area contributed by atoms with Crippen molar-refractivity contribution in [3.05, 3.63) is 34.4 Å². The number of nitriles is 1. The zero-order chi connectivity index (χ0) is 12.1. The molecule has 0 spiro atoms. The van der Waals surface area contributed by atoms with E-state index >= 15 is 0 Å². The van der Waals surface area contributed by atoms with Crippen molar-refractivity contribution in [3.8, 4) is 6.07 Å². The average molecular weight is 282 g/mol. The van der Waals surface area contributed by atoms with E-state index in [1.807, 2.05) is 12.1 Å². The predicted octanol–water partition coefficient (Wildman–Crippen LogP) is 2.94. The maximum absolute atomic E-state index is 11.7. The van der Waals surface area contributed by atoms with Gasteiger partial charge in [0.1, 0.15) is 6.07 Å². The zero-order valence-corrected chi connectivity index (χ0v) is 10.8. The Morgan fingerprint density at radius 2 is 2.25 bits per heavy atom. The van der Waals surface area contributed by atoms with Crippen LogP contribution < -0.4 is 0 Å². The van der Waals surface area contributed by atoms with Crippen molar-refractivity contribution in [1.29, 1.82) is 5.26 Å². The minimum atomic E-state index is -0.431. The number of esters is 1. The summed E-state index contributed by atoms with van der Waals surface area (Å²) >= 11 is 3.29. The molecule has 3 nitrogen and oxygen atoms in total. The van der Waals surface area contributed by atoms with Crippen LogP contribution in [0.2, 0.25) is 0 Å². The molecule has 1 rings (SSSR count). The zero-order valence-electron chi connectivity index (χ0n) is 9.21. The van der Waals surface area contributed by atoms with Gasteiger partial charge in [-0.15, -0.1) is 0 Å². The summed E-state index contributed by atoms with van der Waals surface area (Å²) in [5.41, 5.74) is 2.34. The van der Waals surface area contributed by atoms with Crippen molar-refractivity contribution in [1.82, 2.24) is 0 Å². The number of halogens is 1. The Labute approximate surface area is 103 Å². The number of rotatable bonds is 3. The fourth-order valence-electron chi connectivity index (χ4n) is 1.46. The Hall–Kier alpha value is -1.34. The van der Waals surface area contributed by atoms with E-state index in [0.717, 1.165) is 11.1 Å². The molecular formula is C12H12BrNO2. The van der Waals surface area contributed by atoms with Gasteiger partial charge in [-0.3, -0.25) is 0 Å². The number of nitrogens with zero attached hydrogens (tertiary/aromatic N) is 1. The molecule has 0 N–H and O–H groups in total. The summed E-state index contributed by atoms with van der Waals surface area (Å²) in [5.74, 6) is -0.431. The number of aryl methyl sites for hydroxylation is 1. The van der Waals surface area contributed by atoms with Crippen LogP contribution in [0.3, 0.4) is 0 Å². The van der Waals surface area contributed by atoms with Crippen LogP contribution in [0.5, 0.6) is 0 Å². The molecule has 0 aromatic heterocycles. The molecule has 0 amide bonds. The SMILES string of the molecule is CCOC(=O)c1c(C)ccc(CBr)c1C#N. The van der Waals surface area contributed by atoms with Crippen LogP contribution in [0.4, 0.5) is 0 Å². The Kier molecular flexibility index (Phi) is 4.51. The third-order valence-corrected chi connectivity index (χ3v) is 2.84. The van der Waals surface area contributed by atoms with Crippen molar-refractivity contribution in [2.75, 3.05) is 6.61 Å². The number of hydrogen-bond acceptors (Lipinski definition) is 3. The molecular weight excluding hydrogens is 270 g/mol. The van der Waals surface area contributed by atoms with Crippen LogP contribution in [-0.2, 0) is 10.1 Å². The average Bonchev–Trinajstić information content (AvgIpc) is 2.28. The standard InChI is InChI=1S/C12H12BrNO2/c1-3-16-12(15)11-8(2)4-5-9(6-13)10(11)7-14/h4-5H,3,6H2,1-2H3. The van der Waals surface area contributed by atoms with E-state index in [2.05, 4.69) is 22.0 Å². The van der Waals surface area contributed by atoms with E-state index < -0.39 is 5.97 Å². The summed E-state index contributed by atoms with van der Waals surface area (Å²) in [7, 11) is 0. The lowest BCUT2D eigenvalue weighted by Gasteiger charge is -2.10. The lowest BCUT2D eigenvalue weighted by Crippen LogP contribution is -2.10. The van der Waals surface area contributed by atoms with Crippen LogP contribution in [0, 0.1) is 18.3 Å². The molecule has 1 aromatic rings. The highest BCUT2D eigenvalue weighted by molar-refractivity contribution is 9.08. The number of alkyl halides is 1. The molecule has 0 atom stereocenters. The third-order valence-electron chi connectivity index (χ3n) is 2.24. The van der Waals surface area contributed by atoms with Gasteiger partial charge in [-0.25, -0.2) is 4.79 Å². The third kappa shape index (κ3) is 2.42. The Morgan fingerprint density at radius 1 is 1.56 bits per heavy atom. The van der Waals surface area contributed by atoms with Gasteiger partial charge in [-0.1, -0.05) is 28.1 Å². The molecule has 4 heteroatoms. The number of hydrogen-bond donors (Lipinski definition) is 0. The molecule has 0 bridgehead atoms. The number of benzene rings is 1. The summed E-state index contributed by atoms with van der Waals surface area (Å²) in [6, 6.07) is 5.73. The maximum Gasteiger partial charge on any atom is 0.339 e. The molecule has 0 radical (unpaired) electrons. The Balaban J connectivity index is 3.35. The van der Waals surface area contributed by atoms with E-state index in [1.165, 1.54) is 0 Å². The summed E-state index contributed by atoms with van der Waals surface area (Å²) < 4.78 is 4.95. The lowest BCUT2D eigenvalue weighted by molar-refractivity contribution is 0.0525. The lowest BCUT2D eigenvalue weighted by atomic mass is 9.98. The molecule has 0 fully saturated rings. The van der Waals surface area contributed by atoms with Gasteiger partial charge in [-0.05, 0) is 25.0 Å². The second-order valence-corrected chi connectivity index (χ2v) is 3.82. The molecule has 0 unspecified atom stereocenters. The second kappa shape index (κ2) is 5.66. The number of ether oxygens (including phenoxy) is 1. The van der Waals surface area contributed by atoms with Crippen LogP contribution >= 0.6 is 15.9 Å². The molecule has 1 aromatic carbocycles. The predicted molar refractivity (Wildman–Crippen MR) is 64.5 cm³/mol. The molecule has 0 aliphatic rings. The molecule has 16 heavy (non-hydrogen) atoms. The fourth-order valence-corrected chi connectivity index (χ4v) is 1.92. The second-order valence-electron chi connectivity index (χ2n) is 3.26. The normalized spacial score (nSPS) is 9.62. The summed E-state index contributed by atoms with van der Waals surface area (Å²) in [4.78, 5) is 11.7. The first-order chi connectivity index (χ1) is 7.65. The molecule has 0 saturated carbocycles. The molecule has 84 valence electrons. The van der Waals surface area contributed by atoms with Gasteiger partial charge < -0.3 is 4.74 Å². The quantitative estimate of drug-likeness (QED) is 0.632. The smallest absolute Gasteiger partial charge is 0.339 e. The molecule has 0 saturated heterocycles. The van der Waals surface area contributed by atoms with E-state index in [-0.39, 0.29) is 0 Å². The monoisotopic (exact) mass is 281 g/mol. The van der Waals surface area contributed by atoms with E-state index in [0.29, 0.717) is 23.1 Å². The van der Waals surface area contributed by atoms with Gasteiger partial charge in [0.2, 0.25) is 0 Å². The van der Waals surface area contributed by atoms with Gasteiger partial charge in [-0.2, -0.15) is 5.26 Å². The highest BCUT2D eigenvalue weighted by Crippen LogP contribution is 2.21. The molecule has 0 aliphatic carbocycles. The van der Waals surface area contributed by atoms with Gasteiger partial charge in [0.25, 0.3) is 0 Å². The van der Waals surface area contributed by atoms with Crippen LogP contribution in [0.15, 0.2) is 12.1 Å². The van der Waals surface area contributed by atoms with Crippen molar-refractivity contribution in [3.63, 3.8) is 0 Å². The Bertz CT molecular complexity index is 449. The van der Waals surface area contributed by atoms with Crippen molar-refractivity contribution in [2.45, 2.75) is 19.2 Å². The topological polar surface area (TPSA) is 50.1 Å². The first-order valence-electron chi connectivity index (χ1n) is 4.91. The largest absolute Gasteiger partial charge is 0.462 e. The van der Waals surface area contributed by atoms with Gasteiger partial charge >= 0.3 is 5.97 Å². The van der Waals surface area contributed by atoms with Crippen molar-refractivity contribution in [2.24, 2.45) is 0 Å².